The SMILES string of the molecule is CCOc1ccc(SCC(=O)N(C)C2CC3CCC(C2)N3)cc1.Cl. The van der Waals surface area contributed by atoms with Crippen LogP contribution in [0.5, 0.6) is 5.75 Å². The fraction of sp³-hybridized carbons (Fsp3) is 0.611. The van der Waals surface area contributed by atoms with Crippen molar-refractivity contribution in [3.8, 4) is 5.75 Å². The van der Waals surface area contributed by atoms with Gasteiger partial charge in [-0.2, -0.15) is 0 Å². The van der Waals surface area contributed by atoms with Crippen molar-refractivity contribution < 1.29 is 9.53 Å². The van der Waals surface area contributed by atoms with Crippen molar-refractivity contribution in [3.05, 3.63) is 24.3 Å². The van der Waals surface area contributed by atoms with Crippen LogP contribution in [0.1, 0.15) is 32.6 Å². The van der Waals surface area contributed by atoms with Crippen LogP contribution in [-0.4, -0.2) is 48.3 Å². The third-order valence-electron chi connectivity index (χ3n) is 4.89. The molecule has 2 atom stereocenters. The summed E-state index contributed by atoms with van der Waals surface area (Å²) in [5.74, 6) is 1.62. The first-order chi connectivity index (χ1) is 11.2. The number of nitrogens with one attached hydrogen (secondary N) is 1. The van der Waals surface area contributed by atoms with E-state index in [4.69, 9.17) is 4.74 Å². The average molecular weight is 371 g/mol. The molecule has 2 aliphatic rings. The van der Waals surface area contributed by atoms with Crippen LogP contribution in [0.4, 0.5) is 0 Å². The molecule has 2 heterocycles. The Morgan fingerprint density at radius 3 is 2.46 bits per heavy atom. The molecule has 3 rings (SSSR count). The summed E-state index contributed by atoms with van der Waals surface area (Å²) in [5, 5.41) is 3.63. The highest BCUT2D eigenvalue weighted by atomic mass is 35.5. The standard InChI is InChI=1S/C18H26N2O2S.ClH/c1-3-22-16-6-8-17(9-7-16)23-12-18(21)20(2)15-10-13-4-5-14(11-15)19-13;/h6-9,13-15,19H,3-5,10-12H2,1-2H3;1H. The Labute approximate surface area is 155 Å². The minimum absolute atomic E-state index is 0. The molecule has 0 radical (unpaired) electrons. The van der Waals surface area contributed by atoms with Gasteiger partial charge in [0, 0.05) is 30.1 Å². The van der Waals surface area contributed by atoms with Crippen molar-refractivity contribution in [3.63, 3.8) is 0 Å². The molecule has 6 heteroatoms. The predicted molar refractivity (Wildman–Crippen MR) is 101 cm³/mol. The van der Waals surface area contributed by atoms with Gasteiger partial charge in [0.05, 0.1) is 12.4 Å². The summed E-state index contributed by atoms with van der Waals surface area (Å²) in [6.45, 7) is 2.65. The van der Waals surface area contributed by atoms with Crippen LogP contribution in [0.25, 0.3) is 0 Å². The van der Waals surface area contributed by atoms with Gasteiger partial charge in [0.2, 0.25) is 5.91 Å². The van der Waals surface area contributed by atoms with E-state index in [1.165, 1.54) is 12.8 Å². The molecular formula is C18H27ClN2O2S. The van der Waals surface area contributed by atoms with E-state index < -0.39 is 0 Å². The van der Waals surface area contributed by atoms with E-state index in [1.807, 2.05) is 43.1 Å². The Kier molecular flexibility index (Phi) is 7.26. The van der Waals surface area contributed by atoms with E-state index in [0.717, 1.165) is 23.5 Å². The molecule has 0 aromatic heterocycles. The summed E-state index contributed by atoms with van der Waals surface area (Å²) in [7, 11) is 1.97. The first-order valence-electron chi connectivity index (χ1n) is 8.53. The largest absolute Gasteiger partial charge is 0.494 e. The number of hydrogen-bond donors (Lipinski definition) is 1. The molecule has 1 aromatic carbocycles. The van der Waals surface area contributed by atoms with Gasteiger partial charge in [-0.3, -0.25) is 4.79 Å². The second-order valence-corrected chi connectivity index (χ2v) is 7.51. The maximum atomic E-state index is 12.5. The van der Waals surface area contributed by atoms with E-state index in [2.05, 4.69) is 5.32 Å². The number of thioether (sulfide) groups is 1. The lowest BCUT2D eigenvalue weighted by Crippen LogP contribution is -2.49. The summed E-state index contributed by atoms with van der Waals surface area (Å²) in [4.78, 5) is 15.6. The lowest BCUT2D eigenvalue weighted by molar-refractivity contribution is -0.129. The van der Waals surface area contributed by atoms with E-state index in [0.29, 0.717) is 30.5 Å². The van der Waals surface area contributed by atoms with Crippen molar-refractivity contribution in [2.45, 2.75) is 55.6 Å². The Morgan fingerprint density at radius 1 is 1.25 bits per heavy atom. The summed E-state index contributed by atoms with van der Waals surface area (Å²) >= 11 is 1.60. The number of hydrogen-bond acceptors (Lipinski definition) is 4. The van der Waals surface area contributed by atoms with Crippen molar-refractivity contribution in [1.29, 1.82) is 0 Å². The molecule has 2 bridgehead atoms. The van der Waals surface area contributed by atoms with Gasteiger partial charge in [0.1, 0.15) is 5.75 Å². The molecule has 0 spiro atoms. The molecule has 4 nitrogen and oxygen atoms in total. The number of nitrogens with zero attached hydrogens (tertiary/aromatic N) is 1. The molecule has 2 fully saturated rings. The van der Waals surface area contributed by atoms with Crippen LogP contribution in [-0.2, 0) is 4.79 Å². The number of amides is 1. The molecule has 2 unspecified atom stereocenters. The summed E-state index contributed by atoms with van der Waals surface area (Å²) < 4.78 is 5.44. The lowest BCUT2D eigenvalue weighted by atomic mass is 9.98. The first-order valence-corrected chi connectivity index (χ1v) is 9.51. The third-order valence-corrected chi connectivity index (χ3v) is 5.88. The maximum absolute atomic E-state index is 12.5. The number of halogens is 1. The van der Waals surface area contributed by atoms with E-state index in [-0.39, 0.29) is 18.3 Å². The van der Waals surface area contributed by atoms with E-state index >= 15 is 0 Å². The maximum Gasteiger partial charge on any atom is 0.232 e. The van der Waals surface area contributed by atoms with Gasteiger partial charge < -0.3 is 15.0 Å². The fourth-order valence-corrected chi connectivity index (χ4v) is 4.42. The number of benzene rings is 1. The average Bonchev–Trinajstić information content (AvgIpc) is 2.91. The zero-order chi connectivity index (χ0) is 16.2. The van der Waals surface area contributed by atoms with Crippen LogP contribution in [0, 0.1) is 0 Å². The number of ether oxygens (including phenoxy) is 1. The number of carbonyl (C=O) groups is 1. The van der Waals surface area contributed by atoms with Gasteiger partial charge in [0.25, 0.3) is 0 Å². The van der Waals surface area contributed by atoms with Gasteiger partial charge in [-0.15, -0.1) is 24.2 Å². The van der Waals surface area contributed by atoms with Gasteiger partial charge in [-0.25, -0.2) is 0 Å². The Balaban J connectivity index is 0.00000208. The molecule has 134 valence electrons. The second-order valence-electron chi connectivity index (χ2n) is 6.46. The van der Waals surface area contributed by atoms with Crippen molar-refractivity contribution in [1.82, 2.24) is 10.2 Å². The zero-order valence-electron chi connectivity index (χ0n) is 14.4. The zero-order valence-corrected chi connectivity index (χ0v) is 16.0. The highest BCUT2D eigenvalue weighted by Gasteiger charge is 2.36. The molecule has 2 saturated heterocycles. The number of rotatable bonds is 6. The van der Waals surface area contributed by atoms with Gasteiger partial charge in [-0.1, -0.05) is 0 Å². The number of piperidine rings is 1. The fourth-order valence-electron chi connectivity index (χ4n) is 3.59. The summed E-state index contributed by atoms with van der Waals surface area (Å²) in [6, 6.07) is 9.61. The molecule has 2 aliphatic heterocycles. The molecular weight excluding hydrogens is 344 g/mol. The molecule has 24 heavy (non-hydrogen) atoms. The predicted octanol–water partition coefficient (Wildman–Crippen LogP) is 3.34. The minimum Gasteiger partial charge on any atom is -0.494 e. The molecule has 1 amide bonds. The summed E-state index contributed by atoms with van der Waals surface area (Å²) in [6.07, 6.45) is 4.74. The van der Waals surface area contributed by atoms with Crippen LogP contribution < -0.4 is 10.1 Å². The van der Waals surface area contributed by atoms with Gasteiger partial charge in [-0.05, 0) is 56.9 Å². The van der Waals surface area contributed by atoms with Crippen LogP contribution in [0.15, 0.2) is 29.2 Å². The topological polar surface area (TPSA) is 41.6 Å². The Hall–Kier alpha value is -0.910. The van der Waals surface area contributed by atoms with E-state index in [1.54, 1.807) is 11.8 Å². The Bertz CT molecular complexity index is 528. The molecule has 1 aromatic rings. The third kappa shape index (κ3) is 4.80. The number of fused-ring (bicyclic) bond motifs is 2. The highest BCUT2D eigenvalue weighted by Crippen LogP contribution is 2.30. The van der Waals surface area contributed by atoms with E-state index in [9.17, 15) is 4.79 Å². The monoisotopic (exact) mass is 370 g/mol. The van der Waals surface area contributed by atoms with Crippen LogP contribution in [0.2, 0.25) is 0 Å². The first kappa shape index (κ1) is 19.4. The van der Waals surface area contributed by atoms with Gasteiger partial charge >= 0.3 is 0 Å². The Morgan fingerprint density at radius 2 is 1.88 bits per heavy atom. The summed E-state index contributed by atoms with van der Waals surface area (Å²) in [5.41, 5.74) is 0. The van der Waals surface area contributed by atoms with Crippen molar-refractivity contribution in [2.75, 3.05) is 19.4 Å². The molecule has 0 aliphatic carbocycles. The smallest absolute Gasteiger partial charge is 0.232 e. The van der Waals surface area contributed by atoms with Crippen LogP contribution in [0.3, 0.4) is 0 Å². The normalized spacial score (nSPS) is 25.0. The highest BCUT2D eigenvalue weighted by molar-refractivity contribution is 8.00. The quantitative estimate of drug-likeness (QED) is 0.780. The molecule has 1 N–H and O–H groups in total. The van der Waals surface area contributed by atoms with Crippen molar-refractivity contribution >= 4 is 30.1 Å². The number of carbonyl (C=O) groups excluding carboxylic acids is 1. The minimum atomic E-state index is 0. The van der Waals surface area contributed by atoms with Crippen molar-refractivity contribution in [2.24, 2.45) is 0 Å². The molecule has 0 saturated carbocycles. The second kappa shape index (κ2) is 8.97. The lowest BCUT2D eigenvalue weighted by Gasteiger charge is -2.35. The van der Waals surface area contributed by atoms with Crippen LogP contribution >= 0.6 is 24.2 Å². The van der Waals surface area contributed by atoms with Gasteiger partial charge in [0.15, 0.2) is 0 Å².